The van der Waals surface area contributed by atoms with E-state index in [0.29, 0.717) is 24.0 Å². The molecule has 0 saturated heterocycles. The Labute approximate surface area is 178 Å². The SMILES string of the molecule is C/C=C(/C)C(=O)OC[C@@]1(C)CCC[C@]2(C)[C@@H]1CC[C@](C)(O)[C@H]2CC[C@H](C)CCO. The molecule has 2 aliphatic rings. The maximum absolute atomic E-state index is 12.3. The van der Waals surface area contributed by atoms with Crippen LogP contribution < -0.4 is 0 Å². The number of hydrogen-bond donors (Lipinski definition) is 2. The molecule has 2 fully saturated rings. The molecule has 168 valence electrons. The first kappa shape index (κ1) is 24.4. The summed E-state index contributed by atoms with van der Waals surface area (Å²) in [6.07, 6.45) is 9.78. The van der Waals surface area contributed by atoms with Crippen molar-refractivity contribution in [2.75, 3.05) is 13.2 Å². The van der Waals surface area contributed by atoms with E-state index in [1.54, 1.807) is 13.0 Å². The fourth-order valence-electron chi connectivity index (χ4n) is 6.53. The van der Waals surface area contributed by atoms with Crippen LogP contribution in [0.2, 0.25) is 0 Å². The summed E-state index contributed by atoms with van der Waals surface area (Å²) >= 11 is 0. The van der Waals surface area contributed by atoms with Gasteiger partial charge in [-0.2, -0.15) is 0 Å². The topological polar surface area (TPSA) is 66.8 Å². The molecule has 2 N–H and O–H groups in total. The fourth-order valence-corrected chi connectivity index (χ4v) is 6.53. The average Bonchev–Trinajstić information content (AvgIpc) is 2.64. The zero-order chi connectivity index (χ0) is 21.9. The van der Waals surface area contributed by atoms with Gasteiger partial charge in [-0.05, 0) is 82.5 Å². The summed E-state index contributed by atoms with van der Waals surface area (Å²) in [6.45, 7) is 13.3. The number of allylic oxidation sites excluding steroid dienone is 1. The molecule has 4 nitrogen and oxygen atoms in total. The van der Waals surface area contributed by atoms with Crippen molar-refractivity contribution < 1.29 is 19.7 Å². The highest BCUT2D eigenvalue weighted by Gasteiger charge is 2.59. The number of carbonyl (C=O) groups excluding carboxylic acids is 1. The van der Waals surface area contributed by atoms with Crippen molar-refractivity contribution in [1.82, 2.24) is 0 Å². The summed E-state index contributed by atoms with van der Waals surface area (Å²) in [5.41, 5.74) is 0.0212. The highest BCUT2D eigenvalue weighted by atomic mass is 16.5. The van der Waals surface area contributed by atoms with Crippen molar-refractivity contribution >= 4 is 5.97 Å². The first-order valence-corrected chi connectivity index (χ1v) is 11.6. The van der Waals surface area contributed by atoms with Gasteiger partial charge < -0.3 is 14.9 Å². The van der Waals surface area contributed by atoms with E-state index in [2.05, 4.69) is 20.8 Å². The summed E-state index contributed by atoms with van der Waals surface area (Å²) in [5.74, 6) is 0.945. The highest BCUT2D eigenvalue weighted by Crippen LogP contribution is 2.63. The van der Waals surface area contributed by atoms with Crippen LogP contribution in [-0.2, 0) is 9.53 Å². The smallest absolute Gasteiger partial charge is 0.333 e. The van der Waals surface area contributed by atoms with Crippen molar-refractivity contribution in [2.45, 2.75) is 98.5 Å². The molecule has 0 spiro atoms. The van der Waals surface area contributed by atoms with Gasteiger partial charge in [-0.3, -0.25) is 0 Å². The van der Waals surface area contributed by atoms with Crippen LogP contribution in [-0.4, -0.2) is 35.0 Å². The maximum Gasteiger partial charge on any atom is 0.333 e. The molecule has 4 heteroatoms. The third-order valence-electron chi connectivity index (χ3n) is 8.44. The Balaban J connectivity index is 2.20. The molecular weight excluding hydrogens is 364 g/mol. The van der Waals surface area contributed by atoms with E-state index < -0.39 is 5.60 Å². The maximum atomic E-state index is 12.3. The Morgan fingerprint density at radius 1 is 1.21 bits per heavy atom. The Bertz CT molecular complexity index is 596. The number of carbonyl (C=O) groups is 1. The number of ether oxygens (including phenoxy) is 1. The molecule has 0 radical (unpaired) electrons. The Kier molecular flexibility index (Phi) is 8.00. The van der Waals surface area contributed by atoms with E-state index in [9.17, 15) is 15.0 Å². The minimum atomic E-state index is -0.652. The zero-order valence-corrected chi connectivity index (χ0v) is 19.6. The third-order valence-corrected chi connectivity index (χ3v) is 8.44. The summed E-state index contributed by atoms with van der Waals surface area (Å²) < 4.78 is 5.75. The second-order valence-corrected chi connectivity index (χ2v) is 10.8. The van der Waals surface area contributed by atoms with Crippen molar-refractivity contribution in [3.05, 3.63) is 11.6 Å². The van der Waals surface area contributed by atoms with Gasteiger partial charge in [0.1, 0.15) is 0 Å². The van der Waals surface area contributed by atoms with Gasteiger partial charge in [-0.1, -0.05) is 39.7 Å². The summed E-state index contributed by atoms with van der Waals surface area (Å²) in [6, 6.07) is 0. The predicted molar refractivity (Wildman–Crippen MR) is 117 cm³/mol. The molecule has 2 rings (SSSR count). The van der Waals surface area contributed by atoms with E-state index in [0.717, 1.165) is 51.4 Å². The zero-order valence-electron chi connectivity index (χ0n) is 19.6. The van der Waals surface area contributed by atoms with E-state index in [1.165, 1.54) is 0 Å². The number of aliphatic hydroxyl groups is 2. The Morgan fingerprint density at radius 2 is 1.90 bits per heavy atom. The molecule has 2 saturated carbocycles. The van der Waals surface area contributed by atoms with Crippen molar-refractivity contribution in [3.63, 3.8) is 0 Å². The lowest BCUT2D eigenvalue weighted by molar-refractivity contribution is -0.186. The van der Waals surface area contributed by atoms with Gasteiger partial charge in [0, 0.05) is 17.6 Å². The summed E-state index contributed by atoms with van der Waals surface area (Å²) in [7, 11) is 0. The van der Waals surface area contributed by atoms with E-state index in [-0.39, 0.29) is 29.3 Å². The second-order valence-electron chi connectivity index (χ2n) is 10.8. The quantitative estimate of drug-likeness (QED) is 0.424. The molecule has 0 bridgehead atoms. The van der Waals surface area contributed by atoms with Crippen LogP contribution in [0.5, 0.6) is 0 Å². The average molecular weight is 409 g/mol. The van der Waals surface area contributed by atoms with Gasteiger partial charge in [0.05, 0.1) is 12.2 Å². The first-order valence-electron chi connectivity index (χ1n) is 11.6. The monoisotopic (exact) mass is 408 g/mol. The standard InChI is InChI=1S/C25H44O4/c1-7-19(3)22(27)29-17-23(4)13-8-14-24(5)20(23)11-15-25(6,28)21(24)10-9-18(2)12-16-26/h7,18,20-21,26,28H,8-17H2,1-6H3/b19-7-/t18-,20+,21-,23+,24+,25-/m0/s1. The van der Waals surface area contributed by atoms with Crippen molar-refractivity contribution in [2.24, 2.45) is 28.6 Å². The van der Waals surface area contributed by atoms with Gasteiger partial charge in [0.25, 0.3) is 0 Å². The Morgan fingerprint density at radius 3 is 2.52 bits per heavy atom. The van der Waals surface area contributed by atoms with Gasteiger partial charge in [0.15, 0.2) is 0 Å². The molecular formula is C25H44O4. The second kappa shape index (κ2) is 9.51. The molecule has 0 heterocycles. The number of rotatable bonds is 8. The lowest BCUT2D eigenvalue weighted by Gasteiger charge is -2.61. The molecule has 0 aromatic rings. The van der Waals surface area contributed by atoms with Crippen LogP contribution >= 0.6 is 0 Å². The summed E-state index contributed by atoms with van der Waals surface area (Å²) in [5, 5.41) is 20.6. The number of aliphatic hydroxyl groups excluding tert-OH is 1. The van der Waals surface area contributed by atoms with Crippen LogP contribution in [0.25, 0.3) is 0 Å². The molecule has 0 aromatic carbocycles. The van der Waals surface area contributed by atoms with E-state index in [4.69, 9.17) is 4.74 Å². The van der Waals surface area contributed by atoms with E-state index >= 15 is 0 Å². The number of esters is 1. The molecule has 0 aliphatic heterocycles. The predicted octanol–water partition coefficient (Wildman–Crippen LogP) is 5.27. The minimum Gasteiger partial charge on any atom is -0.462 e. The van der Waals surface area contributed by atoms with Crippen LogP contribution in [0.4, 0.5) is 0 Å². The lowest BCUT2D eigenvalue weighted by atomic mass is 9.45. The largest absolute Gasteiger partial charge is 0.462 e. The van der Waals surface area contributed by atoms with Crippen LogP contribution in [0.1, 0.15) is 92.9 Å². The summed E-state index contributed by atoms with van der Waals surface area (Å²) in [4.78, 5) is 12.3. The molecule has 0 amide bonds. The fraction of sp³-hybridized carbons (Fsp3) is 0.880. The van der Waals surface area contributed by atoms with E-state index in [1.807, 2.05) is 13.8 Å². The van der Waals surface area contributed by atoms with Crippen LogP contribution in [0, 0.1) is 28.6 Å². The number of hydrogen-bond acceptors (Lipinski definition) is 4. The molecule has 2 aliphatic carbocycles. The van der Waals surface area contributed by atoms with Gasteiger partial charge in [0.2, 0.25) is 0 Å². The van der Waals surface area contributed by atoms with Gasteiger partial charge in [-0.25, -0.2) is 4.79 Å². The molecule has 0 aromatic heterocycles. The molecule has 29 heavy (non-hydrogen) atoms. The Hall–Kier alpha value is -0.870. The van der Waals surface area contributed by atoms with Crippen LogP contribution in [0.3, 0.4) is 0 Å². The van der Waals surface area contributed by atoms with Crippen molar-refractivity contribution in [1.29, 1.82) is 0 Å². The third kappa shape index (κ3) is 5.25. The van der Waals surface area contributed by atoms with Gasteiger partial charge in [-0.15, -0.1) is 0 Å². The first-order chi connectivity index (χ1) is 13.5. The number of fused-ring (bicyclic) bond motifs is 1. The van der Waals surface area contributed by atoms with Crippen LogP contribution in [0.15, 0.2) is 11.6 Å². The highest BCUT2D eigenvalue weighted by molar-refractivity contribution is 5.87. The van der Waals surface area contributed by atoms with Gasteiger partial charge >= 0.3 is 5.97 Å². The minimum absolute atomic E-state index is 0.0395. The molecule has 6 atom stereocenters. The lowest BCUT2D eigenvalue weighted by Crippen LogP contribution is -2.59. The molecule has 0 unspecified atom stereocenters. The normalized spacial score (nSPS) is 39.0. The van der Waals surface area contributed by atoms with Crippen molar-refractivity contribution in [3.8, 4) is 0 Å².